The molecule has 0 amide bonds. The zero-order chi connectivity index (χ0) is 12.0. The summed E-state index contributed by atoms with van der Waals surface area (Å²) < 4.78 is 1.57. The molecule has 2 aromatic rings. The minimum Gasteiger partial charge on any atom is -0.383 e. The molecule has 0 aromatic carbocycles. The highest BCUT2D eigenvalue weighted by Gasteiger charge is 2.29. The van der Waals surface area contributed by atoms with E-state index in [1.54, 1.807) is 0 Å². The fraction of sp³-hybridized carbons (Fsp3) is 0.273. The molecule has 0 spiro atoms. The maximum Gasteiger partial charge on any atom is 0.171 e. The zero-order valence-electron chi connectivity index (χ0n) is 8.78. The number of anilines is 1. The lowest BCUT2D eigenvalue weighted by Gasteiger charge is -2.06. The molecule has 0 saturated heterocycles. The fourth-order valence-corrected chi connectivity index (χ4v) is 3.13. The standard InChI is InChI=1S/C11H9BrClN3S/c12-8-9(5-1-2-5)15-11(16-10(8)14)6-3-4-7(13)17-6/h3-5H,1-2H2,(H2,14,15,16). The summed E-state index contributed by atoms with van der Waals surface area (Å²) in [4.78, 5) is 9.85. The number of rotatable bonds is 2. The van der Waals surface area contributed by atoms with Gasteiger partial charge in [-0.25, -0.2) is 9.97 Å². The molecule has 6 heteroatoms. The van der Waals surface area contributed by atoms with E-state index in [-0.39, 0.29) is 0 Å². The van der Waals surface area contributed by atoms with Gasteiger partial charge in [0.2, 0.25) is 0 Å². The van der Waals surface area contributed by atoms with Crippen LogP contribution < -0.4 is 5.73 Å². The van der Waals surface area contributed by atoms with Crippen molar-refractivity contribution in [2.75, 3.05) is 5.73 Å². The van der Waals surface area contributed by atoms with E-state index in [1.807, 2.05) is 12.1 Å². The Morgan fingerprint density at radius 1 is 1.35 bits per heavy atom. The molecule has 0 aliphatic heterocycles. The number of nitrogens with zero attached hydrogens (tertiary/aromatic N) is 2. The molecule has 88 valence electrons. The van der Waals surface area contributed by atoms with E-state index in [2.05, 4.69) is 25.9 Å². The van der Waals surface area contributed by atoms with Crippen molar-refractivity contribution >= 4 is 44.7 Å². The minimum atomic E-state index is 0.501. The predicted octanol–water partition coefficient (Wildman–Crippen LogP) is 4.08. The number of nitrogen functional groups attached to an aromatic ring is 1. The first-order valence-electron chi connectivity index (χ1n) is 5.24. The van der Waals surface area contributed by atoms with Gasteiger partial charge in [-0.1, -0.05) is 11.6 Å². The van der Waals surface area contributed by atoms with E-state index < -0.39 is 0 Å². The van der Waals surface area contributed by atoms with Gasteiger partial charge in [-0.15, -0.1) is 11.3 Å². The Labute approximate surface area is 116 Å². The van der Waals surface area contributed by atoms with Crippen molar-refractivity contribution < 1.29 is 0 Å². The van der Waals surface area contributed by atoms with Crippen molar-refractivity contribution in [2.24, 2.45) is 0 Å². The monoisotopic (exact) mass is 329 g/mol. The normalized spacial score (nSPS) is 15.2. The van der Waals surface area contributed by atoms with Gasteiger partial charge in [-0.05, 0) is 40.9 Å². The van der Waals surface area contributed by atoms with Crippen LogP contribution in [0, 0.1) is 0 Å². The third kappa shape index (κ3) is 2.19. The van der Waals surface area contributed by atoms with Gasteiger partial charge < -0.3 is 5.73 Å². The highest BCUT2D eigenvalue weighted by molar-refractivity contribution is 9.10. The number of hydrogen-bond donors (Lipinski definition) is 1. The van der Waals surface area contributed by atoms with E-state index in [4.69, 9.17) is 17.3 Å². The second kappa shape index (κ2) is 4.23. The summed E-state index contributed by atoms with van der Waals surface area (Å²) in [6.07, 6.45) is 2.36. The number of hydrogen-bond acceptors (Lipinski definition) is 4. The lowest BCUT2D eigenvalue weighted by Crippen LogP contribution is -2.01. The molecular formula is C11H9BrClN3S. The van der Waals surface area contributed by atoms with Crippen LogP contribution in [0.2, 0.25) is 4.34 Å². The summed E-state index contributed by atoms with van der Waals surface area (Å²) in [5.74, 6) is 1.70. The summed E-state index contributed by atoms with van der Waals surface area (Å²) in [6.45, 7) is 0. The van der Waals surface area contributed by atoms with Crippen molar-refractivity contribution in [3.05, 3.63) is 26.6 Å². The Bertz CT molecular complexity index is 580. The quantitative estimate of drug-likeness (QED) is 0.902. The first kappa shape index (κ1) is 11.4. The highest BCUT2D eigenvalue weighted by atomic mass is 79.9. The lowest BCUT2D eigenvalue weighted by molar-refractivity contribution is 0.986. The van der Waals surface area contributed by atoms with Crippen LogP contribution in [-0.4, -0.2) is 9.97 Å². The highest BCUT2D eigenvalue weighted by Crippen LogP contribution is 2.44. The van der Waals surface area contributed by atoms with E-state index in [0.29, 0.717) is 17.6 Å². The Kier molecular flexibility index (Phi) is 2.84. The first-order valence-corrected chi connectivity index (χ1v) is 7.22. The molecule has 0 bridgehead atoms. The van der Waals surface area contributed by atoms with E-state index in [1.165, 1.54) is 24.2 Å². The van der Waals surface area contributed by atoms with Gasteiger partial charge >= 0.3 is 0 Å². The molecule has 1 aliphatic rings. The van der Waals surface area contributed by atoms with E-state index in [9.17, 15) is 0 Å². The Balaban J connectivity index is 2.11. The van der Waals surface area contributed by atoms with Crippen LogP contribution in [0.15, 0.2) is 16.6 Å². The lowest BCUT2D eigenvalue weighted by atomic mass is 10.2. The van der Waals surface area contributed by atoms with Crippen molar-refractivity contribution in [1.82, 2.24) is 9.97 Å². The van der Waals surface area contributed by atoms with Gasteiger partial charge in [-0.2, -0.15) is 0 Å². The van der Waals surface area contributed by atoms with Crippen molar-refractivity contribution in [1.29, 1.82) is 0 Å². The molecular weight excluding hydrogens is 322 g/mol. The van der Waals surface area contributed by atoms with Gasteiger partial charge in [0.25, 0.3) is 0 Å². The van der Waals surface area contributed by atoms with Gasteiger partial charge in [0, 0.05) is 5.92 Å². The van der Waals surface area contributed by atoms with Crippen LogP contribution in [0.4, 0.5) is 5.82 Å². The van der Waals surface area contributed by atoms with Crippen LogP contribution >= 0.6 is 38.9 Å². The maximum atomic E-state index is 5.92. The van der Waals surface area contributed by atoms with Gasteiger partial charge in [0.1, 0.15) is 5.82 Å². The van der Waals surface area contributed by atoms with Crippen LogP contribution in [-0.2, 0) is 0 Å². The summed E-state index contributed by atoms with van der Waals surface area (Å²) in [5.41, 5.74) is 6.93. The molecule has 2 aromatic heterocycles. The smallest absolute Gasteiger partial charge is 0.171 e. The Morgan fingerprint density at radius 3 is 2.71 bits per heavy atom. The van der Waals surface area contributed by atoms with Crippen LogP contribution in [0.3, 0.4) is 0 Å². The molecule has 3 rings (SSSR count). The molecule has 2 heterocycles. The minimum absolute atomic E-state index is 0.501. The fourth-order valence-electron chi connectivity index (χ4n) is 1.65. The Morgan fingerprint density at radius 2 is 2.12 bits per heavy atom. The number of nitrogens with two attached hydrogens (primary N) is 1. The summed E-state index contributed by atoms with van der Waals surface area (Å²) in [7, 11) is 0. The SMILES string of the molecule is Nc1nc(-c2ccc(Cl)s2)nc(C2CC2)c1Br. The van der Waals surface area contributed by atoms with Crippen molar-refractivity contribution in [2.45, 2.75) is 18.8 Å². The first-order chi connectivity index (χ1) is 8.15. The Hall–Kier alpha value is -0.650. The molecule has 2 N–H and O–H groups in total. The number of halogens is 2. The molecule has 0 unspecified atom stereocenters. The van der Waals surface area contributed by atoms with Crippen LogP contribution in [0.1, 0.15) is 24.5 Å². The maximum absolute atomic E-state index is 5.92. The molecule has 1 saturated carbocycles. The topological polar surface area (TPSA) is 51.8 Å². The third-order valence-electron chi connectivity index (χ3n) is 2.66. The molecule has 17 heavy (non-hydrogen) atoms. The molecule has 1 aliphatic carbocycles. The van der Waals surface area contributed by atoms with Crippen molar-refractivity contribution in [3.8, 4) is 10.7 Å². The van der Waals surface area contributed by atoms with Gasteiger partial charge in [0.15, 0.2) is 5.82 Å². The predicted molar refractivity (Wildman–Crippen MR) is 74.4 cm³/mol. The second-order valence-corrected chi connectivity index (χ2v) is 6.52. The third-order valence-corrected chi connectivity index (χ3v) is 4.70. The molecule has 0 radical (unpaired) electrons. The van der Waals surface area contributed by atoms with Gasteiger partial charge in [-0.3, -0.25) is 0 Å². The van der Waals surface area contributed by atoms with E-state index in [0.717, 1.165) is 19.4 Å². The summed E-state index contributed by atoms with van der Waals surface area (Å²) >= 11 is 10.8. The molecule has 3 nitrogen and oxygen atoms in total. The zero-order valence-corrected chi connectivity index (χ0v) is 11.9. The second-order valence-electron chi connectivity index (χ2n) is 4.01. The molecule has 0 atom stereocenters. The average molecular weight is 331 g/mol. The number of thiophene rings is 1. The van der Waals surface area contributed by atoms with Gasteiger partial charge in [0.05, 0.1) is 19.4 Å². The summed E-state index contributed by atoms with van der Waals surface area (Å²) in [5, 5.41) is 0. The van der Waals surface area contributed by atoms with Crippen molar-refractivity contribution in [3.63, 3.8) is 0 Å². The largest absolute Gasteiger partial charge is 0.383 e. The van der Waals surface area contributed by atoms with E-state index >= 15 is 0 Å². The molecule has 1 fully saturated rings. The summed E-state index contributed by atoms with van der Waals surface area (Å²) in [6, 6.07) is 3.77. The van der Waals surface area contributed by atoms with Crippen LogP contribution in [0.25, 0.3) is 10.7 Å². The van der Waals surface area contributed by atoms with Crippen LogP contribution in [0.5, 0.6) is 0 Å². The number of aromatic nitrogens is 2. The average Bonchev–Trinajstić information content (AvgIpc) is 3.05.